The van der Waals surface area contributed by atoms with Crippen LogP contribution in [0.25, 0.3) is 0 Å². The van der Waals surface area contributed by atoms with Crippen LogP contribution in [0.5, 0.6) is 5.75 Å². The molecule has 0 saturated heterocycles. The van der Waals surface area contributed by atoms with Crippen LogP contribution in [0.3, 0.4) is 0 Å². The number of methoxy groups -OCH3 is 1. The van der Waals surface area contributed by atoms with Gasteiger partial charge in [0.15, 0.2) is 6.10 Å². The second-order valence-corrected chi connectivity index (χ2v) is 5.43. The minimum absolute atomic E-state index is 0.264. The summed E-state index contributed by atoms with van der Waals surface area (Å²) in [5.41, 5.74) is 2.15. The van der Waals surface area contributed by atoms with Crippen LogP contribution in [0.2, 0.25) is 0 Å². The Bertz CT molecular complexity index is 822. The van der Waals surface area contributed by atoms with Gasteiger partial charge in [-0.3, -0.25) is 4.79 Å². The molecule has 0 aromatic heterocycles. The van der Waals surface area contributed by atoms with Crippen LogP contribution >= 0.6 is 0 Å². The average Bonchev–Trinajstić information content (AvgIpc) is 2.62. The van der Waals surface area contributed by atoms with E-state index in [1.807, 2.05) is 19.1 Å². The summed E-state index contributed by atoms with van der Waals surface area (Å²) < 4.78 is 10.4. The first kappa shape index (κ1) is 18.0. The fourth-order valence-corrected chi connectivity index (χ4v) is 2.13. The monoisotopic (exact) mass is 338 g/mol. The summed E-state index contributed by atoms with van der Waals surface area (Å²) in [7, 11) is 1.46. The van der Waals surface area contributed by atoms with Crippen molar-refractivity contribution in [1.29, 1.82) is 5.26 Å². The molecule has 25 heavy (non-hydrogen) atoms. The maximum Gasteiger partial charge on any atom is 0.342 e. The minimum Gasteiger partial charge on any atom is -0.496 e. The Morgan fingerprint density at radius 3 is 2.44 bits per heavy atom. The molecule has 6 nitrogen and oxygen atoms in total. The molecule has 1 N–H and O–H groups in total. The molecule has 0 spiro atoms. The third kappa shape index (κ3) is 4.58. The molecular formula is C19H18N2O4. The van der Waals surface area contributed by atoms with Crippen molar-refractivity contribution in [3.8, 4) is 11.8 Å². The number of rotatable bonds is 5. The molecule has 0 radical (unpaired) electrons. The lowest BCUT2D eigenvalue weighted by Crippen LogP contribution is -2.30. The lowest BCUT2D eigenvalue weighted by atomic mass is 10.1. The van der Waals surface area contributed by atoms with E-state index in [-0.39, 0.29) is 5.56 Å². The molecule has 2 aromatic carbocycles. The van der Waals surface area contributed by atoms with Gasteiger partial charge in [-0.2, -0.15) is 5.26 Å². The van der Waals surface area contributed by atoms with E-state index < -0.39 is 18.0 Å². The number of benzene rings is 2. The summed E-state index contributed by atoms with van der Waals surface area (Å²) in [6, 6.07) is 13.5. The van der Waals surface area contributed by atoms with Crippen molar-refractivity contribution in [2.75, 3.05) is 12.4 Å². The van der Waals surface area contributed by atoms with Crippen molar-refractivity contribution in [3.05, 3.63) is 59.2 Å². The summed E-state index contributed by atoms with van der Waals surface area (Å²) in [5, 5.41) is 11.4. The molecule has 0 aliphatic rings. The van der Waals surface area contributed by atoms with Crippen molar-refractivity contribution in [1.82, 2.24) is 0 Å². The molecule has 0 aliphatic heterocycles. The smallest absolute Gasteiger partial charge is 0.342 e. The fourth-order valence-electron chi connectivity index (χ4n) is 2.13. The molecule has 0 aliphatic carbocycles. The van der Waals surface area contributed by atoms with Gasteiger partial charge in [0.25, 0.3) is 5.91 Å². The molecule has 1 amide bonds. The van der Waals surface area contributed by atoms with Gasteiger partial charge in [0.1, 0.15) is 11.3 Å². The number of carbonyl (C=O) groups is 2. The quantitative estimate of drug-likeness (QED) is 0.847. The third-order valence-corrected chi connectivity index (χ3v) is 3.51. The first-order chi connectivity index (χ1) is 11.9. The van der Waals surface area contributed by atoms with Gasteiger partial charge in [-0.05, 0) is 50.2 Å². The molecule has 2 aromatic rings. The second kappa shape index (κ2) is 7.97. The molecule has 1 atom stereocenters. The number of nitrogens with zero attached hydrogens (tertiary/aromatic N) is 1. The molecule has 6 heteroatoms. The molecular weight excluding hydrogens is 320 g/mol. The van der Waals surface area contributed by atoms with E-state index in [1.165, 1.54) is 14.0 Å². The molecule has 0 fully saturated rings. The van der Waals surface area contributed by atoms with Gasteiger partial charge in [-0.25, -0.2) is 4.79 Å². The van der Waals surface area contributed by atoms with E-state index in [1.54, 1.807) is 36.4 Å². The fraction of sp³-hybridized carbons (Fsp3) is 0.211. The van der Waals surface area contributed by atoms with E-state index in [4.69, 9.17) is 14.7 Å². The van der Waals surface area contributed by atoms with Gasteiger partial charge in [0, 0.05) is 5.69 Å². The van der Waals surface area contributed by atoms with Gasteiger partial charge in [-0.1, -0.05) is 11.6 Å². The van der Waals surface area contributed by atoms with Gasteiger partial charge >= 0.3 is 5.97 Å². The topological polar surface area (TPSA) is 88.4 Å². The lowest BCUT2D eigenvalue weighted by molar-refractivity contribution is -0.123. The number of carbonyl (C=O) groups excluding carboxylic acids is 2. The SMILES string of the molecule is COc1ccc(C)cc1C(=O)O[C@@H](C)C(=O)Nc1ccc(C#N)cc1. The molecule has 128 valence electrons. The first-order valence-electron chi connectivity index (χ1n) is 7.61. The van der Waals surface area contributed by atoms with E-state index in [9.17, 15) is 9.59 Å². The Morgan fingerprint density at radius 2 is 1.84 bits per heavy atom. The summed E-state index contributed by atoms with van der Waals surface area (Å²) in [5.74, 6) is -0.719. The molecule has 0 saturated carbocycles. The number of hydrogen-bond acceptors (Lipinski definition) is 5. The van der Waals surface area contributed by atoms with E-state index in [0.29, 0.717) is 17.0 Å². The highest BCUT2D eigenvalue weighted by atomic mass is 16.5. The lowest BCUT2D eigenvalue weighted by Gasteiger charge is -2.15. The molecule has 0 heterocycles. The number of nitriles is 1. The predicted molar refractivity (Wildman–Crippen MR) is 92.4 cm³/mol. The van der Waals surface area contributed by atoms with Crippen LogP contribution in [0, 0.1) is 18.3 Å². The Morgan fingerprint density at radius 1 is 1.16 bits per heavy atom. The number of esters is 1. The van der Waals surface area contributed by atoms with Gasteiger partial charge in [-0.15, -0.1) is 0 Å². The highest BCUT2D eigenvalue weighted by Crippen LogP contribution is 2.21. The Labute approximate surface area is 146 Å². The zero-order chi connectivity index (χ0) is 18.4. The van der Waals surface area contributed by atoms with Crippen LogP contribution in [0.15, 0.2) is 42.5 Å². The van der Waals surface area contributed by atoms with Crippen molar-refractivity contribution >= 4 is 17.6 Å². The summed E-state index contributed by atoms with van der Waals surface area (Å²) in [4.78, 5) is 24.5. The zero-order valence-corrected chi connectivity index (χ0v) is 14.2. The van der Waals surface area contributed by atoms with Gasteiger partial charge in [0.2, 0.25) is 0 Å². The van der Waals surface area contributed by atoms with Crippen LogP contribution in [-0.4, -0.2) is 25.1 Å². The van der Waals surface area contributed by atoms with Gasteiger partial charge < -0.3 is 14.8 Å². The van der Waals surface area contributed by atoms with Crippen molar-refractivity contribution in [2.24, 2.45) is 0 Å². The molecule has 0 unspecified atom stereocenters. The minimum atomic E-state index is -0.992. The van der Waals surface area contributed by atoms with Crippen molar-refractivity contribution in [3.63, 3.8) is 0 Å². The number of ether oxygens (including phenoxy) is 2. The number of anilines is 1. The third-order valence-electron chi connectivity index (χ3n) is 3.51. The standard InChI is InChI=1S/C19H18N2O4/c1-12-4-9-17(24-3)16(10-12)19(23)25-13(2)18(22)21-15-7-5-14(11-20)6-8-15/h4-10,13H,1-3H3,(H,21,22)/t13-/m0/s1. The maximum atomic E-state index is 12.3. The molecule has 0 bridgehead atoms. The average molecular weight is 338 g/mol. The van der Waals surface area contributed by atoms with Crippen LogP contribution in [-0.2, 0) is 9.53 Å². The van der Waals surface area contributed by atoms with Crippen LogP contribution in [0.4, 0.5) is 5.69 Å². The zero-order valence-electron chi connectivity index (χ0n) is 14.2. The highest BCUT2D eigenvalue weighted by Gasteiger charge is 2.21. The summed E-state index contributed by atoms with van der Waals surface area (Å²) in [6.07, 6.45) is -0.992. The van der Waals surface area contributed by atoms with Crippen molar-refractivity contribution in [2.45, 2.75) is 20.0 Å². The summed E-state index contributed by atoms with van der Waals surface area (Å²) >= 11 is 0. The van der Waals surface area contributed by atoms with Crippen LogP contribution < -0.4 is 10.1 Å². The maximum absolute atomic E-state index is 12.3. The van der Waals surface area contributed by atoms with Crippen LogP contribution in [0.1, 0.15) is 28.4 Å². The predicted octanol–water partition coefficient (Wildman–Crippen LogP) is 3.06. The first-order valence-corrected chi connectivity index (χ1v) is 7.61. The highest BCUT2D eigenvalue weighted by molar-refractivity contribution is 5.98. The number of hydrogen-bond donors (Lipinski definition) is 1. The number of amides is 1. The van der Waals surface area contributed by atoms with E-state index in [2.05, 4.69) is 5.32 Å². The number of nitrogens with one attached hydrogen (secondary N) is 1. The Kier molecular flexibility index (Phi) is 5.75. The Hall–Kier alpha value is -3.33. The Balaban J connectivity index is 2.04. The van der Waals surface area contributed by atoms with E-state index in [0.717, 1.165) is 5.56 Å². The van der Waals surface area contributed by atoms with Gasteiger partial charge in [0.05, 0.1) is 18.7 Å². The summed E-state index contributed by atoms with van der Waals surface area (Å²) in [6.45, 7) is 3.33. The largest absolute Gasteiger partial charge is 0.496 e. The normalized spacial score (nSPS) is 11.1. The van der Waals surface area contributed by atoms with E-state index >= 15 is 0 Å². The number of aryl methyl sites for hydroxylation is 1. The van der Waals surface area contributed by atoms with Crippen molar-refractivity contribution < 1.29 is 19.1 Å². The molecule has 2 rings (SSSR count). The second-order valence-electron chi connectivity index (χ2n) is 5.43.